The van der Waals surface area contributed by atoms with E-state index in [0.717, 1.165) is 16.3 Å². The van der Waals surface area contributed by atoms with E-state index in [0.29, 0.717) is 6.54 Å². The van der Waals surface area contributed by atoms with Crippen LogP contribution in [-0.2, 0) is 11.3 Å². The summed E-state index contributed by atoms with van der Waals surface area (Å²) in [6.45, 7) is 1.94. The minimum atomic E-state index is -0.0861. The van der Waals surface area contributed by atoms with Crippen molar-refractivity contribution >= 4 is 11.6 Å². The van der Waals surface area contributed by atoms with Crippen LogP contribution in [0.1, 0.15) is 12.5 Å². The zero-order valence-corrected chi connectivity index (χ0v) is 8.32. The molecule has 76 valence electrons. The molecule has 1 aromatic rings. The molecule has 0 spiro atoms. The quantitative estimate of drug-likeness (QED) is 0.716. The summed E-state index contributed by atoms with van der Waals surface area (Å²) in [5.74, 6) is -0.0861. The van der Waals surface area contributed by atoms with Crippen molar-refractivity contribution in [3.8, 4) is 0 Å². The molecule has 0 aliphatic rings. The number of anilines is 1. The summed E-state index contributed by atoms with van der Waals surface area (Å²) in [5.41, 5.74) is 1.76. The van der Waals surface area contributed by atoms with Gasteiger partial charge in [-0.25, -0.2) is 0 Å². The lowest BCUT2D eigenvalue weighted by Crippen LogP contribution is -2.11. The number of rotatable bonds is 3. The molecule has 1 amide bonds. The molecular weight excluding hydrogens is 180 g/mol. The lowest BCUT2D eigenvalue weighted by atomic mass is 10.2. The molecule has 1 aromatic carbocycles. The van der Waals surface area contributed by atoms with Gasteiger partial charge in [0.2, 0.25) is 5.91 Å². The van der Waals surface area contributed by atoms with Crippen LogP contribution in [0.15, 0.2) is 24.3 Å². The van der Waals surface area contributed by atoms with E-state index in [1.165, 1.54) is 6.92 Å². The largest absolute Gasteiger partial charge is 0.326 e. The van der Waals surface area contributed by atoms with Crippen LogP contribution in [0.3, 0.4) is 0 Å². The number of nitrogens with one attached hydrogen (secondary N) is 1. The van der Waals surface area contributed by atoms with Crippen molar-refractivity contribution < 1.29 is 10.0 Å². The molecule has 1 rings (SSSR count). The minimum absolute atomic E-state index is 0.0861. The van der Waals surface area contributed by atoms with Gasteiger partial charge in [-0.2, -0.15) is 5.06 Å². The van der Waals surface area contributed by atoms with Crippen molar-refractivity contribution in [1.82, 2.24) is 5.06 Å². The zero-order chi connectivity index (χ0) is 10.6. The molecule has 14 heavy (non-hydrogen) atoms. The Bertz CT molecular complexity index is 306. The molecule has 0 aliphatic heterocycles. The van der Waals surface area contributed by atoms with Crippen molar-refractivity contribution in [1.29, 1.82) is 0 Å². The normalized spacial score (nSPS) is 10.3. The number of carbonyl (C=O) groups is 1. The fourth-order valence-corrected chi connectivity index (χ4v) is 1.16. The third kappa shape index (κ3) is 3.55. The second-order valence-electron chi connectivity index (χ2n) is 3.19. The lowest BCUT2D eigenvalue weighted by molar-refractivity contribution is -0.114. The number of hydroxylamine groups is 2. The summed E-state index contributed by atoms with van der Waals surface area (Å²) in [5, 5.41) is 12.8. The van der Waals surface area contributed by atoms with E-state index in [2.05, 4.69) is 5.32 Å². The lowest BCUT2D eigenvalue weighted by Gasteiger charge is -2.08. The monoisotopic (exact) mass is 194 g/mol. The van der Waals surface area contributed by atoms with Crippen LogP contribution in [-0.4, -0.2) is 23.2 Å². The highest BCUT2D eigenvalue weighted by Crippen LogP contribution is 2.10. The Morgan fingerprint density at radius 1 is 1.43 bits per heavy atom. The number of carbonyl (C=O) groups excluding carboxylic acids is 1. The van der Waals surface area contributed by atoms with Crippen LogP contribution in [0.5, 0.6) is 0 Å². The maximum Gasteiger partial charge on any atom is 0.221 e. The summed E-state index contributed by atoms with van der Waals surface area (Å²) in [4.78, 5) is 10.7. The van der Waals surface area contributed by atoms with Gasteiger partial charge in [0.15, 0.2) is 0 Å². The topological polar surface area (TPSA) is 52.6 Å². The van der Waals surface area contributed by atoms with Crippen LogP contribution in [0.4, 0.5) is 5.69 Å². The molecule has 0 fully saturated rings. The second kappa shape index (κ2) is 4.74. The van der Waals surface area contributed by atoms with E-state index in [1.807, 2.05) is 12.1 Å². The Balaban J connectivity index is 2.63. The standard InChI is InChI=1S/C10H14N2O2/c1-8(13)11-10-5-3-9(4-6-10)7-12(2)14/h3-6,14H,7H2,1-2H3,(H,11,13). The van der Waals surface area contributed by atoms with Crippen LogP contribution in [0.2, 0.25) is 0 Å². The van der Waals surface area contributed by atoms with E-state index >= 15 is 0 Å². The van der Waals surface area contributed by atoms with Gasteiger partial charge in [-0.1, -0.05) is 12.1 Å². The molecule has 0 saturated heterocycles. The molecular formula is C10H14N2O2. The van der Waals surface area contributed by atoms with Crippen LogP contribution < -0.4 is 5.32 Å². The fourth-order valence-electron chi connectivity index (χ4n) is 1.16. The zero-order valence-electron chi connectivity index (χ0n) is 8.32. The van der Waals surface area contributed by atoms with E-state index in [1.54, 1.807) is 19.2 Å². The first kappa shape index (κ1) is 10.7. The van der Waals surface area contributed by atoms with Crippen molar-refractivity contribution in [2.75, 3.05) is 12.4 Å². The summed E-state index contributed by atoms with van der Waals surface area (Å²) in [6, 6.07) is 7.33. The Hall–Kier alpha value is -1.39. The van der Waals surface area contributed by atoms with Gasteiger partial charge < -0.3 is 10.5 Å². The second-order valence-corrected chi connectivity index (χ2v) is 3.19. The summed E-state index contributed by atoms with van der Waals surface area (Å²) in [7, 11) is 1.59. The van der Waals surface area contributed by atoms with Gasteiger partial charge in [-0.05, 0) is 17.7 Å². The smallest absolute Gasteiger partial charge is 0.221 e. The van der Waals surface area contributed by atoms with Gasteiger partial charge in [0.25, 0.3) is 0 Å². The predicted molar refractivity (Wildman–Crippen MR) is 54.0 cm³/mol. The molecule has 0 aliphatic carbocycles. The molecule has 0 atom stereocenters. The third-order valence-electron chi connectivity index (χ3n) is 1.69. The van der Waals surface area contributed by atoms with E-state index in [-0.39, 0.29) is 5.91 Å². The van der Waals surface area contributed by atoms with Crippen LogP contribution in [0, 0.1) is 0 Å². The van der Waals surface area contributed by atoms with E-state index in [9.17, 15) is 4.79 Å². The van der Waals surface area contributed by atoms with Gasteiger partial charge in [-0.15, -0.1) is 0 Å². The summed E-state index contributed by atoms with van der Waals surface area (Å²) < 4.78 is 0. The highest BCUT2D eigenvalue weighted by Gasteiger charge is 1.97. The molecule has 0 heterocycles. The van der Waals surface area contributed by atoms with Gasteiger partial charge in [0, 0.05) is 26.2 Å². The number of hydrogen-bond acceptors (Lipinski definition) is 3. The van der Waals surface area contributed by atoms with Crippen LogP contribution in [0.25, 0.3) is 0 Å². The Morgan fingerprint density at radius 2 is 2.00 bits per heavy atom. The van der Waals surface area contributed by atoms with Gasteiger partial charge in [-0.3, -0.25) is 4.79 Å². The summed E-state index contributed by atoms with van der Waals surface area (Å²) in [6.07, 6.45) is 0. The highest BCUT2D eigenvalue weighted by atomic mass is 16.5. The maximum absolute atomic E-state index is 10.7. The molecule has 0 saturated carbocycles. The number of hydrogen-bond donors (Lipinski definition) is 2. The minimum Gasteiger partial charge on any atom is -0.326 e. The third-order valence-corrected chi connectivity index (χ3v) is 1.69. The van der Waals surface area contributed by atoms with Crippen molar-refractivity contribution in [3.05, 3.63) is 29.8 Å². The van der Waals surface area contributed by atoms with Crippen molar-refractivity contribution in [3.63, 3.8) is 0 Å². The fraction of sp³-hybridized carbons (Fsp3) is 0.300. The highest BCUT2D eigenvalue weighted by molar-refractivity contribution is 5.88. The van der Waals surface area contributed by atoms with Gasteiger partial charge in [0.1, 0.15) is 0 Å². The molecule has 0 bridgehead atoms. The molecule has 4 nitrogen and oxygen atoms in total. The molecule has 2 N–H and O–H groups in total. The van der Waals surface area contributed by atoms with E-state index < -0.39 is 0 Å². The predicted octanol–water partition coefficient (Wildman–Crippen LogP) is 1.47. The number of amides is 1. The van der Waals surface area contributed by atoms with Crippen molar-refractivity contribution in [2.45, 2.75) is 13.5 Å². The Morgan fingerprint density at radius 3 is 2.43 bits per heavy atom. The molecule has 0 unspecified atom stereocenters. The Labute approximate surface area is 83.1 Å². The average molecular weight is 194 g/mol. The maximum atomic E-state index is 10.7. The summed E-state index contributed by atoms with van der Waals surface area (Å²) >= 11 is 0. The Kier molecular flexibility index (Phi) is 3.62. The van der Waals surface area contributed by atoms with Gasteiger partial charge >= 0.3 is 0 Å². The molecule has 0 radical (unpaired) electrons. The van der Waals surface area contributed by atoms with Crippen LogP contribution >= 0.6 is 0 Å². The molecule has 4 heteroatoms. The van der Waals surface area contributed by atoms with Crippen molar-refractivity contribution in [2.24, 2.45) is 0 Å². The SMILES string of the molecule is CC(=O)Nc1ccc(CN(C)O)cc1. The first-order chi connectivity index (χ1) is 6.58. The van der Waals surface area contributed by atoms with E-state index in [4.69, 9.17) is 5.21 Å². The first-order valence-corrected chi connectivity index (χ1v) is 4.34. The first-order valence-electron chi connectivity index (χ1n) is 4.34. The van der Waals surface area contributed by atoms with Gasteiger partial charge in [0.05, 0.1) is 0 Å². The number of nitrogens with zero attached hydrogens (tertiary/aromatic N) is 1. The molecule has 0 aromatic heterocycles. The average Bonchev–Trinajstić information content (AvgIpc) is 2.06. The number of benzene rings is 1.